The minimum absolute atomic E-state index is 0.348. The van der Waals surface area contributed by atoms with E-state index in [-0.39, 0.29) is 0 Å². The van der Waals surface area contributed by atoms with Crippen LogP contribution in [0.15, 0.2) is 42.5 Å². The van der Waals surface area contributed by atoms with E-state index in [1.165, 1.54) is 16.7 Å². The van der Waals surface area contributed by atoms with E-state index in [4.69, 9.17) is 9.47 Å². The van der Waals surface area contributed by atoms with Crippen LogP contribution < -0.4 is 14.8 Å². The molecule has 2 aliphatic heterocycles. The largest absolute Gasteiger partial charge is 0.454 e. The minimum Gasteiger partial charge on any atom is -0.454 e. The van der Waals surface area contributed by atoms with Gasteiger partial charge in [-0.05, 0) is 54.6 Å². The average molecular weight is 281 g/mol. The maximum atomic E-state index is 5.53. The molecule has 2 heterocycles. The SMILES string of the molecule is c1ccc(CCC2NCCc3cc4c(cc32)OCO4)cc1. The van der Waals surface area contributed by atoms with Gasteiger partial charge in [0.15, 0.2) is 11.5 Å². The molecule has 0 bridgehead atoms. The number of nitrogens with one attached hydrogen (secondary N) is 1. The van der Waals surface area contributed by atoms with Crippen LogP contribution in [-0.4, -0.2) is 13.3 Å². The summed E-state index contributed by atoms with van der Waals surface area (Å²) in [6.07, 6.45) is 3.26. The Morgan fingerprint density at radius 2 is 1.86 bits per heavy atom. The summed E-state index contributed by atoms with van der Waals surface area (Å²) in [5.41, 5.74) is 4.17. The summed E-state index contributed by atoms with van der Waals surface area (Å²) in [4.78, 5) is 0. The highest BCUT2D eigenvalue weighted by Crippen LogP contribution is 2.39. The molecule has 2 aromatic rings. The van der Waals surface area contributed by atoms with E-state index >= 15 is 0 Å². The van der Waals surface area contributed by atoms with E-state index in [1.807, 2.05) is 0 Å². The zero-order chi connectivity index (χ0) is 14.1. The molecule has 1 atom stereocenters. The van der Waals surface area contributed by atoms with Crippen LogP contribution in [0.2, 0.25) is 0 Å². The summed E-state index contributed by atoms with van der Waals surface area (Å²) in [5, 5.41) is 3.64. The first-order chi connectivity index (χ1) is 10.4. The van der Waals surface area contributed by atoms with Gasteiger partial charge in [-0.15, -0.1) is 0 Å². The van der Waals surface area contributed by atoms with Gasteiger partial charge in [0.1, 0.15) is 0 Å². The molecule has 0 fully saturated rings. The molecule has 21 heavy (non-hydrogen) atoms. The van der Waals surface area contributed by atoms with Crippen molar-refractivity contribution >= 4 is 0 Å². The van der Waals surface area contributed by atoms with E-state index in [2.05, 4.69) is 47.8 Å². The molecule has 3 heteroatoms. The molecule has 1 N–H and O–H groups in total. The second-order valence-corrected chi connectivity index (χ2v) is 5.69. The monoisotopic (exact) mass is 281 g/mol. The lowest BCUT2D eigenvalue weighted by Crippen LogP contribution is -2.30. The molecule has 2 aliphatic rings. The fourth-order valence-corrected chi connectivity index (χ4v) is 3.24. The summed E-state index contributed by atoms with van der Waals surface area (Å²) < 4.78 is 11.0. The quantitative estimate of drug-likeness (QED) is 0.937. The second-order valence-electron chi connectivity index (χ2n) is 5.69. The molecular formula is C18H19NO2. The van der Waals surface area contributed by atoms with E-state index in [9.17, 15) is 0 Å². The van der Waals surface area contributed by atoms with Crippen molar-refractivity contribution in [3.63, 3.8) is 0 Å². The predicted molar refractivity (Wildman–Crippen MR) is 81.8 cm³/mol. The van der Waals surface area contributed by atoms with Gasteiger partial charge in [0.25, 0.3) is 0 Å². The number of aryl methyl sites for hydroxylation is 1. The lowest BCUT2D eigenvalue weighted by molar-refractivity contribution is 0.174. The first-order valence-electron chi connectivity index (χ1n) is 7.60. The summed E-state index contributed by atoms with van der Waals surface area (Å²) in [6, 6.07) is 15.4. The van der Waals surface area contributed by atoms with Gasteiger partial charge in [0.2, 0.25) is 6.79 Å². The van der Waals surface area contributed by atoms with Gasteiger partial charge in [-0.3, -0.25) is 0 Å². The maximum Gasteiger partial charge on any atom is 0.231 e. The Balaban J connectivity index is 1.56. The van der Waals surface area contributed by atoms with Gasteiger partial charge in [-0.2, -0.15) is 0 Å². The third-order valence-corrected chi connectivity index (χ3v) is 4.36. The molecule has 0 aromatic heterocycles. The first kappa shape index (κ1) is 12.7. The highest BCUT2D eigenvalue weighted by Gasteiger charge is 2.24. The lowest BCUT2D eigenvalue weighted by atomic mass is 9.90. The Bertz CT molecular complexity index is 639. The standard InChI is InChI=1S/C18H19NO2/c1-2-4-13(5-3-1)6-7-16-15-11-18-17(20-12-21-18)10-14(15)8-9-19-16/h1-5,10-11,16,19H,6-9,12H2. The molecule has 3 nitrogen and oxygen atoms in total. The maximum absolute atomic E-state index is 5.53. The molecule has 0 saturated carbocycles. The fraction of sp³-hybridized carbons (Fsp3) is 0.333. The fourth-order valence-electron chi connectivity index (χ4n) is 3.24. The van der Waals surface area contributed by atoms with E-state index in [0.29, 0.717) is 12.8 Å². The van der Waals surface area contributed by atoms with E-state index in [1.54, 1.807) is 0 Å². The van der Waals surface area contributed by atoms with Gasteiger partial charge in [0, 0.05) is 6.04 Å². The van der Waals surface area contributed by atoms with Gasteiger partial charge in [-0.25, -0.2) is 0 Å². The first-order valence-corrected chi connectivity index (χ1v) is 7.60. The van der Waals surface area contributed by atoms with Crippen LogP contribution in [0.3, 0.4) is 0 Å². The van der Waals surface area contributed by atoms with E-state index in [0.717, 1.165) is 37.3 Å². The lowest BCUT2D eigenvalue weighted by Gasteiger charge is -2.27. The molecule has 0 radical (unpaired) electrons. The van der Waals surface area contributed by atoms with Crippen LogP contribution in [0, 0.1) is 0 Å². The molecule has 0 saturated heterocycles. The molecule has 2 aromatic carbocycles. The topological polar surface area (TPSA) is 30.5 Å². The van der Waals surface area contributed by atoms with E-state index < -0.39 is 0 Å². The van der Waals surface area contributed by atoms with Gasteiger partial charge in [-0.1, -0.05) is 30.3 Å². The number of hydrogen-bond donors (Lipinski definition) is 1. The van der Waals surface area contributed by atoms with Crippen molar-refractivity contribution in [2.75, 3.05) is 13.3 Å². The van der Waals surface area contributed by atoms with Crippen molar-refractivity contribution in [2.45, 2.75) is 25.3 Å². The summed E-state index contributed by atoms with van der Waals surface area (Å²) >= 11 is 0. The predicted octanol–water partition coefficient (Wildman–Crippen LogP) is 3.23. The smallest absolute Gasteiger partial charge is 0.231 e. The van der Waals surface area contributed by atoms with Crippen LogP contribution in [0.1, 0.15) is 29.2 Å². The zero-order valence-corrected chi connectivity index (χ0v) is 12.0. The summed E-state index contributed by atoms with van der Waals surface area (Å²) in [6.45, 7) is 1.38. The molecule has 4 rings (SSSR count). The number of hydrogen-bond acceptors (Lipinski definition) is 3. The van der Waals surface area contributed by atoms with Crippen molar-refractivity contribution in [1.29, 1.82) is 0 Å². The summed E-state index contributed by atoms with van der Waals surface area (Å²) in [7, 11) is 0. The highest BCUT2D eigenvalue weighted by atomic mass is 16.7. The van der Waals surface area contributed by atoms with Crippen LogP contribution in [-0.2, 0) is 12.8 Å². The second kappa shape index (κ2) is 5.41. The minimum atomic E-state index is 0.348. The van der Waals surface area contributed by atoms with Gasteiger partial charge < -0.3 is 14.8 Å². The van der Waals surface area contributed by atoms with Crippen molar-refractivity contribution in [1.82, 2.24) is 5.32 Å². The Morgan fingerprint density at radius 3 is 2.71 bits per heavy atom. The Kier molecular flexibility index (Phi) is 3.28. The molecule has 0 aliphatic carbocycles. The molecular weight excluding hydrogens is 262 g/mol. The van der Waals surface area contributed by atoms with Crippen LogP contribution in [0.5, 0.6) is 11.5 Å². The van der Waals surface area contributed by atoms with Crippen molar-refractivity contribution in [2.24, 2.45) is 0 Å². The molecule has 0 spiro atoms. The number of rotatable bonds is 3. The summed E-state index contributed by atoms with van der Waals surface area (Å²) in [5.74, 6) is 1.79. The number of benzene rings is 2. The normalized spacial score (nSPS) is 19.3. The zero-order valence-electron chi connectivity index (χ0n) is 12.0. The highest BCUT2D eigenvalue weighted by molar-refractivity contribution is 5.50. The number of ether oxygens (including phenoxy) is 2. The number of fused-ring (bicyclic) bond motifs is 2. The molecule has 1 unspecified atom stereocenters. The van der Waals surface area contributed by atoms with Crippen molar-refractivity contribution in [3.05, 3.63) is 59.2 Å². The van der Waals surface area contributed by atoms with Crippen LogP contribution in [0.4, 0.5) is 0 Å². The van der Waals surface area contributed by atoms with Crippen molar-refractivity contribution in [3.8, 4) is 11.5 Å². The Hall–Kier alpha value is -2.00. The van der Waals surface area contributed by atoms with Crippen LogP contribution >= 0.6 is 0 Å². The van der Waals surface area contributed by atoms with Crippen LogP contribution in [0.25, 0.3) is 0 Å². The Labute approximate surface area is 124 Å². The Morgan fingerprint density at radius 1 is 1.05 bits per heavy atom. The van der Waals surface area contributed by atoms with Gasteiger partial charge in [0.05, 0.1) is 0 Å². The van der Waals surface area contributed by atoms with Gasteiger partial charge >= 0.3 is 0 Å². The molecule has 0 amide bonds. The third-order valence-electron chi connectivity index (χ3n) is 4.36. The van der Waals surface area contributed by atoms with Crippen molar-refractivity contribution < 1.29 is 9.47 Å². The average Bonchev–Trinajstić information content (AvgIpc) is 2.99. The third kappa shape index (κ3) is 2.49. The molecule has 108 valence electrons.